The van der Waals surface area contributed by atoms with Crippen LogP contribution in [0.25, 0.3) is 10.8 Å². The van der Waals surface area contributed by atoms with Gasteiger partial charge in [0.05, 0.1) is 23.2 Å². The molecule has 0 bridgehead atoms. The third-order valence-corrected chi connectivity index (χ3v) is 7.66. The molecule has 0 saturated carbocycles. The van der Waals surface area contributed by atoms with Gasteiger partial charge in [0.1, 0.15) is 5.82 Å². The summed E-state index contributed by atoms with van der Waals surface area (Å²) in [6.45, 7) is 2.49. The van der Waals surface area contributed by atoms with E-state index in [0.717, 1.165) is 27.6 Å². The first kappa shape index (κ1) is 24.8. The van der Waals surface area contributed by atoms with Crippen molar-refractivity contribution in [3.05, 3.63) is 113 Å². The van der Waals surface area contributed by atoms with E-state index in [1.165, 1.54) is 17.0 Å². The molecule has 6 nitrogen and oxygen atoms in total. The lowest BCUT2D eigenvalue weighted by molar-refractivity contribution is -0.130. The minimum Gasteiger partial charge on any atom is -0.367 e. The van der Waals surface area contributed by atoms with Crippen molar-refractivity contribution in [2.24, 2.45) is 0 Å². The van der Waals surface area contributed by atoms with Gasteiger partial charge in [0, 0.05) is 32.7 Å². The van der Waals surface area contributed by atoms with Crippen molar-refractivity contribution in [2.45, 2.75) is 12.8 Å². The number of hydrogen-bond donors (Lipinski definition) is 0. The molecule has 4 aromatic carbocycles. The SMILES string of the molecule is O=C(Cc1ccc2ccccc2c1)N1CCN(c2cccc3c2C(=O)N(CCc2ccc(F)cc2)C3=O)CC1. The molecule has 0 N–H and O–H groups in total. The Morgan fingerprint density at radius 3 is 2.23 bits per heavy atom. The van der Waals surface area contributed by atoms with Crippen LogP contribution >= 0.6 is 0 Å². The fourth-order valence-corrected chi connectivity index (χ4v) is 5.51. The Morgan fingerprint density at radius 1 is 0.744 bits per heavy atom. The van der Waals surface area contributed by atoms with Gasteiger partial charge in [0.25, 0.3) is 11.8 Å². The van der Waals surface area contributed by atoms with Crippen LogP contribution < -0.4 is 4.90 Å². The predicted octanol–water partition coefficient (Wildman–Crippen LogP) is 4.71. The maximum atomic E-state index is 13.4. The number of imide groups is 1. The molecule has 0 radical (unpaired) electrons. The summed E-state index contributed by atoms with van der Waals surface area (Å²) >= 11 is 0. The Labute approximate surface area is 226 Å². The summed E-state index contributed by atoms with van der Waals surface area (Å²) in [7, 11) is 0. The summed E-state index contributed by atoms with van der Waals surface area (Å²) in [5, 5.41) is 2.27. The summed E-state index contributed by atoms with van der Waals surface area (Å²) in [6.07, 6.45) is 0.806. The molecule has 0 aromatic heterocycles. The maximum Gasteiger partial charge on any atom is 0.263 e. The van der Waals surface area contributed by atoms with Crippen molar-refractivity contribution in [2.75, 3.05) is 37.6 Å². The molecule has 0 aliphatic carbocycles. The first-order valence-electron chi connectivity index (χ1n) is 13.2. The molecule has 0 unspecified atom stereocenters. The second-order valence-electron chi connectivity index (χ2n) is 10.1. The molecule has 6 rings (SSSR count). The molecule has 4 aromatic rings. The molecule has 7 heteroatoms. The van der Waals surface area contributed by atoms with Crippen LogP contribution in [0.4, 0.5) is 10.1 Å². The van der Waals surface area contributed by atoms with Gasteiger partial charge in [-0.3, -0.25) is 19.3 Å². The number of halogens is 1. The minimum atomic E-state index is -0.320. The molecule has 0 atom stereocenters. The molecular formula is C32H28FN3O3. The van der Waals surface area contributed by atoms with Crippen LogP contribution in [0.5, 0.6) is 0 Å². The van der Waals surface area contributed by atoms with Crippen LogP contribution in [0, 0.1) is 5.82 Å². The average Bonchev–Trinajstić information content (AvgIpc) is 3.21. The lowest BCUT2D eigenvalue weighted by Gasteiger charge is -2.36. The van der Waals surface area contributed by atoms with E-state index in [1.54, 1.807) is 24.3 Å². The number of anilines is 1. The minimum absolute atomic E-state index is 0.0847. The van der Waals surface area contributed by atoms with E-state index in [4.69, 9.17) is 0 Å². The number of benzene rings is 4. The first-order valence-corrected chi connectivity index (χ1v) is 13.2. The predicted molar refractivity (Wildman–Crippen MR) is 148 cm³/mol. The number of piperazine rings is 1. The molecule has 3 amide bonds. The van der Waals surface area contributed by atoms with Gasteiger partial charge in [-0.05, 0) is 52.6 Å². The number of rotatable bonds is 6. The number of fused-ring (bicyclic) bond motifs is 2. The molecule has 1 saturated heterocycles. The molecule has 0 spiro atoms. The average molecular weight is 522 g/mol. The smallest absolute Gasteiger partial charge is 0.263 e. The van der Waals surface area contributed by atoms with Crippen LogP contribution in [0.1, 0.15) is 31.8 Å². The lowest BCUT2D eigenvalue weighted by atomic mass is 10.0. The molecule has 39 heavy (non-hydrogen) atoms. The number of amides is 3. The van der Waals surface area contributed by atoms with Gasteiger partial charge in [-0.25, -0.2) is 4.39 Å². The van der Waals surface area contributed by atoms with Crippen LogP contribution in [-0.2, 0) is 17.6 Å². The topological polar surface area (TPSA) is 60.9 Å². The van der Waals surface area contributed by atoms with Crippen molar-refractivity contribution < 1.29 is 18.8 Å². The Kier molecular flexibility index (Phi) is 6.57. The zero-order valence-corrected chi connectivity index (χ0v) is 21.5. The Morgan fingerprint density at radius 2 is 1.46 bits per heavy atom. The van der Waals surface area contributed by atoms with E-state index < -0.39 is 0 Å². The van der Waals surface area contributed by atoms with E-state index in [-0.39, 0.29) is 30.1 Å². The first-order chi connectivity index (χ1) is 19.0. The number of carbonyl (C=O) groups is 3. The van der Waals surface area contributed by atoms with Crippen molar-refractivity contribution in [1.82, 2.24) is 9.80 Å². The van der Waals surface area contributed by atoms with Gasteiger partial charge in [0.15, 0.2) is 0 Å². The Bertz CT molecular complexity index is 1580. The highest BCUT2D eigenvalue weighted by molar-refractivity contribution is 6.23. The largest absolute Gasteiger partial charge is 0.367 e. The molecule has 2 aliphatic rings. The van der Waals surface area contributed by atoms with E-state index >= 15 is 0 Å². The fraction of sp³-hybridized carbons (Fsp3) is 0.219. The summed E-state index contributed by atoms with van der Waals surface area (Å²) in [4.78, 5) is 44.8. The molecule has 1 fully saturated rings. The standard InChI is InChI=1S/C32H28FN3O3/c33-26-12-9-22(10-13-26)14-15-36-31(38)27-6-3-7-28(30(27)32(36)39)34-16-18-35(19-17-34)29(37)21-23-8-11-24-4-1-2-5-25(24)20-23/h1-13,20H,14-19,21H2. The Hall–Kier alpha value is -4.52. The van der Waals surface area contributed by atoms with E-state index in [9.17, 15) is 18.8 Å². The summed E-state index contributed by atoms with van der Waals surface area (Å²) in [5.74, 6) is -0.841. The Balaban J connectivity index is 1.11. The summed E-state index contributed by atoms with van der Waals surface area (Å²) in [5.41, 5.74) is 3.42. The normalized spacial score (nSPS) is 15.3. The zero-order valence-electron chi connectivity index (χ0n) is 21.5. The molecule has 2 aliphatic heterocycles. The number of nitrogens with zero attached hydrogens (tertiary/aromatic N) is 3. The van der Waals surface area contributed by atoms with Crippen molar-refractivity contribution in [3.63, 3.8) is 0 Å². The third-order valence-electron chi connectivity index (χ3n) is 7.66. The maximum absolute atomic E-state index is 13.4. The second kappa shape index (κ2) is 10.3. The lowest BCUT2D eigenvalue weighted by Crippen LogP contribution is -2.49. The van der Waals surface area contributed by atoms with Crippen LogP contribution in [0.3, 0.4) is 0 Å². The van der Waals surface area contributed by atoms with Crippen molar-refractivity contribution >= 4 is 34.2 Å². The molecule has 196 valence electrons. The number of hydrogen-bond acceptors (Lipinski definition) is 4. The highest BCUT2D eigenvalue weighted by Gasteiger charge is 2.38. The van der Waals surface area contributed by atoms with Gasteiger partial charge >= 0.3 is 0 Å². The monoisotopic (exact) mass is 521 g/mol. The van der Waals surface area contributed by atoms with Gasteiger partial charge < -0.3 is 9.80 Å². The van der Waals surface area contributed by atoms with E-state index in [0.29, 0.717) is 50.1 Å². The van der Waals surface area contributed by atoms with Crippen LogP contribution in [0.2, 0.25) is 0 Å². The summed E-state index contributed by atoms with van der Waals surface area (Å²) < 4.78 is 13.2. The van der Waals surface area contributed by atoms with Crippen LogP contribution in [-0.4, -0.2) is 60.2 Å². The van der Waals surface area contributed by atoms with Gasteiger partial charge in [-0.15, -0.1) is 0 Å². The van der Waals surface area contributed by atoms with Crippen molar-refractivity contribution in [1.29, 1.82) is 0 Å². The zero-order chi connectivity index (χ0) is 26.9. The number of carbonyl (C=O) groups excluding carboxylic acids is 3. The fourth-order valence-electron chi connectivity index (χ4n) is 5.51. The second-order valence-corrected chi connectivity index (χ2v) is 10.1. The third kappa shape index (κ3) is 4.88. The van der Waals surface area contributed by atoms with Crippen LogP contribution in [0.15, 0.2) is 84.9 Å². The van der Waals surface area contributed by atoms with Gasteiger partial charge in [-0.1, -0.05) is 60.7 Å². The molecule has 2 heterocycles. The molecular weight excluding hydrogens is 493 g/mol. The quantitative estimate of drug-likeness (QED) is 0.345. The van der Waals surface area contributed by atoms with E-state index in [2.05, 4.69) is 23.1 Å². The van der Waals surface area contributed by atoms with Gasteiger partial charge in [0.2, 0.25) is 5.91 Å². The van der Waals surface area contributed by atoms with E-state index in [1.807, 2.05) is 35.2 Å². The van der Waals surface area contributed by atoms with Gasteiger partial charge in [-0.2, -0.15) is 0 Å². The highest BCUT2D eigenvalue weighted by Crippen LogP contribution is 2.32. The van der Waals surface area contributed by atoms with Crippen molar-refractivity contribution in [3.8, 4) is 0 Å². The summed E-state index contributed by atoms with van der Waals surface area (Å²) in [6, 6.07) is 25.7. The highest BCUT2D eigenvalue weighted by atomic mass is 19.1.